The number of hydrogen-bond donors (Lipinski definition) is 0. The van der Waals surface area contributed by atoms with E-state index in [0.29, 0.717) is 0 Å². The maximum Gasteiger partial charge on any atom is 0.139 e. The molecule has 0 atom stereocenters. The maximum absolute atomic E-state index is 4.42. The number of para-hydroxylation sites is 1. The Morgan fingerprint density at radius 2 is 1.38 bits per heavy atom. The molecule has 0 radical (unpaired) electrons. The predicted molar refractivity (Wildman–Crippen MR) is 116 cm³/mol. The lowest BCUT2D eigenvalue weighted by atomic mass is 9.80. The molecule has 26 heavy (non-hydrogen) atoms. The van der Waals surface area contributed by atoms with E-state index in [1.165, 1.54) is 38.5 Å². The van der Waals surface area contributed by atoms with Gasteiger partial charge in [-0.05, 0) is 30.9 Å². The molecule has 0 aliphatic heterocycles. The summed E-state index contributed by atoms with van der Waals surface area (Å²) in [6, 6.07) is 8.06. The van der Waals surface area contributed by atoms with E-state index >= 15 is 0 Å². The summed E-state index contributed by atoms with van der Waals surface area (Å²) in [6.45, 7) is 10.6. The van der Waals surface area contributed by atoms with Crippen molar-refractivity contribution in [1.82, 2.24) is 9.97 Å². The van der Waals surface area contributed by atoms with Crippen molar-refractivity contribution in [3.05, 3.63) is 30.1 Å². The Kier molecular flexibility index (Phi) is 10.2. The number of aromatic nitrogens is 2. The lowest BCUT2D eigenvalue weighted by molar-refractivity contribution is 0.264. The first-order chi connectivity index (χ1) is 12.5. The summed E-state index contributed by atoms with van der Waals surface area (Å²) in [6.07, 6.45) is 8.86. The number of benzene rings is 1. The van der Waals surface area contributed by atoms with Gasteiger partial charge in [0.05, 0.1) is 5.52 Å². The number of nitrogens with zero attached hydrogens (tertiary/aromatic N) is 3. The van der Waals surface area contributed by atoms with Crippen LogP contribution >= 0.6 is 0 Å². The zero-order valence-electron chi connectivity index (χ0n) is 18.0. The number of fused-ring (bicyclic) bond motifs is 1. The van der Waals surface area contributed by atoms with Gasteiger partial charge in [0.2, 0.25) is 0 Å². The molecule has 0 N–H and O–H groups in total. The summed E-state index contributed by atoms with van der Waals surface area (Å²) in [5.41, 5.74) is 1.00. The molecule has 0 unspecified atom stereocenters. The molecule has 1 fully saturated rings. The van der Waals surface area contributed by atoms with Crippen LogP contribution < -0.4 is 4.90 Å². The zero-order chi connectivity index (χ0) is 19.5. The molecule has 0 bridgehead atoms. The Hall–Kier alpha value is -1.64. The first-order valence-corrected chi connectivity index (χ1v) is 10.5. The minimum Gasteiger partial charge on any atom is -0.362 e. The molecular formula is C23H39N3. The van der Waals surface area contributed by atoms with E-state index in [4.69, 9.17) is 0 Å². The van der Waals surface area contributed by atoms with E-state index in [-0.39, 0.29) is 0 Å². The molecule has 1 aromatic carbocycles. The van der Waals surface area contributed by atoms with Crippen molar-refractivity contribution < 1.29 is 0 Å². The summed E-state index contributed by atoms with van der Waals surface area (Å²) >= 11 is 0. The van der Waals surface area contributed by atoms with Crippen LogP contribution in [0.1, 0.15) is 72.0 Å². The molecular weight excluding hydrogens is 318 g/mol. The SMILES string of the molecule is CC.CCC1CCC(CC)CC1.Cc1nc(N(C)C)c2ccccc2n1. The molecule has 146 valence electrons. The van der Waals surface area contributed by atoms with Gasteiger partial charge in [0, 0.05) is 19.5 Å². The first kappa shape index (κ1) is 22.4. The minimum atomic E-state index is 0.812. The van der Waals surface area contributed by atoms with Gasteiger partial charge in [-0.3, -0.25) is 0 Å². The van der Waals surface area contributed by atoms with E-state index in [2.05, 4.69) is 23.8 Å². The van der Waals surface area contributed by atoms with E-state index in [1.807, 2.05) is 64.0 Å². The van der Waals surface area contributed by atoms with Crippen LogP contribution in [0.4, 0.5) is 5.82 Å². The van der Waals surface area contributed by atoms with Crippen molar-refractivity contribution in [3.63, 3.8) is 0 Å². The second-order valence-corrected chi connectivity index (χ2v) is 7.21. The fraction of sp³-hybridized carbons (Fsp3) is 0.652. The van der Waals surface area contributed by atoms with Crippen LogP contribution in [0.2, 0.25) is 0 Å². The van der Waals surface area contributed by atoms with Crippen LogP contribution in [0.3, 0.4) is 0 Å². The number of rotatable bonds is 3. The molecule has 3 rings (SSSR count). The van der Waals surface area contributed by atoms with Gasteiger partial charge in [0.1, 0.15) is 11.6 Å². The van der Waals surface area contributed by atoms with E-state index in [1.54, 1.807) is 0 Å². The third-order valence-electron chi connectivity index (χ3n) is 5.24. The quantitative estimate of drug-likeness (QED) is 0.616. The van der Waals surface area contributed by atoms with Gasteiger partial charge >= 0.3 is 0 Å². The second-order valence-electron chi connectivity index (χ2n) is 7.21. The zero-order valence-corrected chi connectivity index (χ0v) is 18.0. The maximum atomic E-state index is 4.42. The van der Waals surface area contributed by atoms with Gasteiger partial charge in [-0.2, -0.15) is 0 Å². The predicted octanol–water partition coefficient (Wildman–Crippen LogP) is 6.64. The van der Waals surface area contributed by atoms with Gasteiger partial charge in [0.15, 0.2) is 0 Å². The number of aryl methyl sites for hydroxylation is 1. The highest BCUT2D eigenvalue weighted by molar-refractivity contribution is 5.89. The van der Waals surface area contributed by atoms with Crippen molar-refractivity contribution in [2.45, 2.75) is 73.1 Å². The molecule has 0 spiro atoms. The fourth-order valence-corrected chi connectivity index (χ4v) is 3.56. The van der Waals surface area contributed by atoms with Crippen molar-refractivity contribution >= 4 is 16.7 Å². The van der Waals surface area contributed by atoms with Gasteiger partial charge < -0.3 is 4.90 Å². The summed E-state index contributed by atoms with van der Waals surface area (Å²) in [5.74, 6) is 3.94. The van der Waals surface area contributed by atoms with Crippen molar-refractivity contribution in [3.8, 4) is 0 Å². The largest absolute Gasteiger partial charge is 0.362 e. The van der Waals surface area contributed by atoms with Crippen LogP contribution in [-0.4, -0.2) is 24.1 Å². The summed E-state index contributed by atoms with van der Waals surface area (Å²) in [7, 11) is 3.99. The smallest absolute Gasteiger partial charge is 0.139 e. The Morgan fingerprint density at radius 3 is 1.85 bits per heavy atom. The molecule has 1 aromatic heterocycles. The van der Waals surface area contributed by atoms with Crippen LogP contribution in [0.5, 0.6) is 0 Å². The lowest BCUT2D eigenvalue weighted by Crippen LogP contribution is -2.12. The van der Waals surface area contributed by atoms with E-state index in [0.717, 1.165) is 34.4 Å². The number of anilines is 1. The molecule has 0 saturated heterocycles. The molecule has 1 heterocycles. The Morgan fingerprint density at radius 1 is 0.885 bits per heavy atom. The molecule has 3 nitrogen and oxygen atoms in total. The average Bonchev–Trinajstić information content (AvgIpc) is 2.69. The van der Waals surface area contributed by atoms with Crippen LogP contribution in [0.25, 0.3) is 10.9 Å². The normalized spacial score (nSPS) is 19.0. The third-order valence-corrected chi connectivity index (χ3v) is 5.24. The Labute approximate surface area is 161 Å². The van der Waals surface area contributed by atoms with Gasteiger partial charge in [-0.15, -0.1) is 0 Å². The van der Waals surface area contributed by atoms with Crippen LogP contribution in [0, 0.1) is 18.8 Å². The molecule has 1 saturated carbocycles. The van der Waals surface area contributed by atoms with Gasteiger partial charge in [-0.1, -0.05) is 78.4 Å². The van der Waals surface area contributed by atoms with Crippen molar-refractivity contribution in [2.75, 3.05) is 19.0 Å². The molecule has 0 amide bonds. The molecule has 1 aliphatic rings. The fourth-order valence-electron chi connectivity index (χ4n) is 3.56. The molecule has 3 heteroatoms. The molecule has 2 aromatic rings. The Bertz CT molecular complexity index is 616. The van der Waals surface area contributed by atoms with Gasteiger partial charge in [-0.25, -0.2) is 9.97 Å². The summed E-state index contributed by atoms with van der Waals surface area (Å²) in [4.78, 5) is 10.8. The second kappa shape index (κ2) is 11.9. The topological polar surface area (TPSA) is 29.0 Å². The third kappa shape index (κ3) is 6.59. The average molecular weight is 358 g/mol. The monoisotopic (exact) mass is 357 g/mol. The summed E-state index contributed by atoms with van der Waals surface area (Å²) in [5, 5.41) is 1.10. The van der Waals surface area contributed by atoms with E-state index in [9.17, 15) is 0 Å². The Balaban J connectivity index is 0.000000249. The number of hydrogen-bond acceptors (Lipinski definition) is 3. The van der Waals surface area contributed by atoms with Crippen molar-refractivity contribution in [2.24, 2.45) is 11.8 Å². The highest BCUT2D eigenvalue weighted by Gasteiger charge is 2.17. The highest BCUT2D eigenvalue weighted by atomic mass is 15.1. The van der Waals surface area contributed by atoms with E-state index < -0.39 is 0 Å². The molecule has 1 aliphatic carbocycles. The standard InChI is InChI=1S/C11H13N3.C10H20.C2H6/c1-8-12-10-7-5-4-6-9(10)11(13-8)14(2)3;1-3-9-5-7-10(4-2)8-6-9;1-2/h4-7H,1-3H3;9-10H,3-8H2,1-2H3;1-2H3. The first-order valence-electron chi connectivity index (χ1n) is 10.5. The summed E-state index contributed by atoms with van der Waals surface area (Å²) < 4.78 is 0. The highest BCUT2D eigenvalue weighted by Crippen LogP contribution is 2.31. The van der Waals surface area contributed by atoms with Gasteiger partial charge in [0.25, 0.3) is 0 Å². The minimum absolute atomic E-state index is 0.812. The lowest BCUT2D eigenvalue weighted by Gasteiger charge is -2.26. The van der Waals surface area contributed by atoms with Crippen LogP contribution in [0.15, 0.2) is 24.3 Å². The van der Waals surface area contributed by atoms with Crippen molar-refractivity contribution in [1.29, 1.82) is 0 Å². The van der Waals surface area contributed by atoms with Crippen LogP contribution in [-0.2, 0) is 0 Å².